The average Bonchev–Trinajstić information content (AvgIpc) is 2.55. The summed E-state index contributed by atoms with van der Waals surface area (Å²) >= 11 is 12.0. The Hall–Kier alpha value is -1.26. The van der Waals surface area contributed by atoms with Crippen molar-refractivity contribution in [1.82, 2.24) is 14.7 Å². The molecule has 17 heavy (non-hydrogen) atoms. The van der Waals surface area contributed by atoms with Crippen molar-refractivity contribution >= 4 is 34.8 Å². The van der Waals surface area contributed by atoms with Gasteiger partial charge in [-0.05, 0) is 19.9 Å². The number of pyridine rings is 1. The number of carbonyl (C=O) groups is 1. The first-order valence-corrected chi connectivity index (χ1v) is 5.92. The van der Waals surface area contributed by atoms with Crippen LogP contribution >= 0.6 is 23.2 Å². The number of amides is 1. The van der Waals surface area contributed by atoms with Gasteiger partial charge in [0.05, 0.1) is 15.7 Å². The average molecular weight is 272 g/mol. The molecule has 0 bridgehead atoms. The molecule has 2 rings (SSSR count). The van der Waals surface area contributed by atoms with E-state index in [2.05, 4.69) is 10.3 Å². The fourth-order valence-corrected chi connectivity index (χ4v) is 2.22. The molecule has 2 aromatic heterocycles. The van der Waals surface area contributed by atoms with E-state index < -0.39 is 0 Å². The summed E-state index contributed by atoms with van der Waals surface area (Å²) in [5.41, 5.74) is 1.63. The molecule has 0 aromatic carbocycles. The number of nitrogens with one attached hydrogen (secondary N) is 1. The number of rotatable bonds is 2. The van der Waals surface area contributed by atoms with Gasteiger partial charge in [0.15, 0.2) is 5.65 Å². The number of halogens is 2. The highest BCUT2D eigenvalue weighted by Gasteiger charge is 2.17. The van der Waals surface area contributed by atoms with Crippen LogP contribution in [0.1, 0.15) is 23.1 Å². The third-order valence-electron chi connectivity index (χ3n) is 2.37. The van der Waals surface area contributed by atoms with Gasteiger partial charge in [0.2, 0.25) is 0 Å². The lowest BCUT2D eigenvalue weighted by Gasteiger charge is -2.04. The first-order chi connectivity index (χ1) is 8.04. The van der Waals surface area contributed by atoms with E-state index in [1.54, 1.807) is 23.6 Å². The number of nitrogens with zero attached hydrogens (tertiary/aromatic N) is 2. The molecule has 0 saturated heterocycles. The van der Waals surface area contributed by atoms with Crippen molar-refractivity contribution in [3.63, 3.8) is 0 Å². The molecule has 0 saturated carbocycles. The standard InChI is InChI=1S/C11H11Cl2N3O/c1-3-14-11(17)9-6(2)15-10-8(13)4-7(12)5-16(9)10/h4-5H,3H2,1-2H3,(H,14,17). The zero-order chi connectivity index (χ0) is 12.6. The number of hydrogen-bond donors (Lipinski definition) is 1. The van der Waals surface area contributed by atoms with Gasteiger partial charge in [-0.1, -0.05) is 23.2 Å². The molecule has 0 spiro atoms. The Kier molecular flexibility index (Phi) is 3.26. The molecule has 0 aliphatic rings. The summed E-state index contributed by atoms with van der Waals surface area (Å²) in [4.78, 5) is 16.2. The normalized spacial score (nSPS) is 10.8. The van der Waals surface area contributed by atoms with Gasteiger partial charge in [0.1, 0.15) is 5.69 Å². The Bertz CT molecular complexity index is 592. The van der Waals surface area contributed by atoms with E-state index in [-0.39, 0.29) is 5.91 Å². The van der Waals surface area contributed by atoms with Gasteiger partial charge in [0, 0.05) is 12.7 Å². The second-order valence-electron chi connectivity index (χ2n) is 3.61. The molecule has 0 fully saturated rings. The molecule has 0 radical (unpaired) electrons. The molecule has 0 atom stereocenters. The van der Waals surface area contributed by atoms with E-state index in [1.165, 1.54) is 0 Å². The van der Waals surface area contributed by atoms with Crippen molar-refractivity contribution in [2.45, 2.75) is 13.8 Å². The fourth-order valence-electron chi connectivity index (χ4n) is 1.70. The van der Waals surface area contributed by atoms with E-state index in [9.17, 15) is 4.79 Å². The Morgan fingerprint density at radius 2 is 2.24 bits per heavy atom. The maximum Gasteiger partial charge on any atom is 0.270 e. The van der Waals surface area contributed by atoms with Crippen molar-refractivity contribution in [3.05, 3.63) is 33.7 Å². The lowest BCUT2D eigenvalue weighted by molar-refractivity contribution is 0.0949. The largest absolute Gasteiger partial charge is 0.351 e. The second kappa shape index (κ2) is 4.55. The SMILES string of the molecule is CCNC(=O)c1c(C)nc2c(Cl)cc(Cl)cn12. The van der Waals surface area contributed by atoms with E-state index in [0.29, 0.717) is 33.6 Å². The van der Waals surface area contributed by atoms with Gasteiger partial charge in [-0.15, -0.1) is 0 Å². The number of carbonyl (C=O) groups excluding carboxylic acids is 1. The molecule has 4 nitrogen and oxygen atoms in total. The summed E-state index contributed by atoms with van der Waals surface area (Å²) in [5, 5.41) is 3.62. The van der Waals surface area contributed by atoms with Crippen molar-refractivity contribution in [2.24, 2.45) is 0 Å². The third-order valence-corrected chi connectivity index (χ3v) is 2.85. The van der Waals surface area contributed by atoms with Crippen LogP contribution in [-0.2, 0) is 0 Å². The highest BCUT2D eigenvalue weighted by molar-refractivity contribution is 6.36. The highest BCUT2D eigenvalue weighted by atomic mass is 35.5. The van der Waals surface area contributed by atoms with Crippen LogP contribution < -0.4 is 5.32 Å². The van der Waals surface area contributed by atoms with Crippen LogP contribution in [0.25, 0.3) is 5.65 Å². The Morgan fingerprint density at radius 1 is 1.53 bits per heavy atom. The van der Waals surface area contributed by atoms with Crippen LogP contribution in [0.5, 0.6) is 0 Å². The van der Waals surface area contributed by atoms with Gasteiger partial charge < -0.3 is 5.32 Å². The van der Waals surface area contributed by atoms with Gasteiger partial charge in [0.25, 0.3) is 5.91 Å². The van der Waals surface area contributed by atoms with Crippen LogP contribution in [0.3, 0.4) is 0 Å². The maximum absolute atomic E-state index is 11.9. The van der Waals surface area contributed by atoms with E-state index >= 15 is 0 Å². The summed E-state index contributed by atoms with van der Waals surface area (Å²) < 4.78 is 1.62. The minimum absolute atomic E-state index is 0.184. The Labute approximate surface area is 109 Å². The Morgan fingerprint density at radius 3 is 2.88 bits per heavy atom. The summed E-state index contributed by atoms with van der Waals surface area (Å²) in [6.07, 6.45) is 1.63. The number of aryl methyl sites for hydroxylation is 1. The molecule has 0 unspecified atom stereocenters. The molecular formula is C11H11Cl2N3O. The number of hydrogen-bond acceptors (Lipinski definition) is 2. The van der Waals surface area contributed by atoms with E-state index in [1.807, 2.05) is 6.92 Å². The van der Waals surface area contributed by atoms with Crippen LogP contribution in [0.4, 0.5) is 0 Å². The first kappa shape index (κ1) is 12.2. The van der Waals surface area contributed by atoms with Crippen LogP contribution in [0.15, 0.2) is 12.3 Å². The lowest BCUT2D eigenvalue weighted by Crippen LogP contribution is -2.24. The van der Waals surface area contributed by atoms with Gasteiger partial charge in [-0.3, -0.25) is 9.20 Å². The van der Waals surface area contributed by atoms with Gasteiger partial charge in [-0.25, -0.2) is 4.98 Å². The third kappa shape index (κ3) is 2.10. The Balaban J connectivity index is 2.70. The van der Waals surface area contributed by atoms with Crippen LogP contribution in [0.2, 0.25) is 10.0 Å². The first-order valence-electron chi connectivity index (χ1n) is 5.16. The van der Waals surface area contributed by atoms with Gasteiger partial charge >= 0.3 is 0 Å². The van der Waals surface area contributed by atoms with Gasteiger partial charge in [-0.2, -0.15) is 0 Å². The maximum atomic E-state index is 11.9. The molecule has 0 aliphatic carbocycles. The molecule has 6 heteroatoms. The predicted octanol–water partition coefficient (Wildman–Crippen LogP) is 2.70. The molecule has 1 N–H and O–H groups in total. The molecular weight excluding hydrogens is 261 g/mol. The quantitative estimate of drug-likeness (QED) is 0.913. The monoisotopic (exact) mass is 271 g/mol. The number of aromatic nitrogens is 2. The molecule has 2 heterocycles. The number of imidazole rings is 1. The minimum Gasteiger partial charge on any atom is -0.351 e. The summed E-state index contributed by atoms with van der Waals surface area (Å²) in [7, 11) is 0. The zero-order valence-electron chi connectivity index (χ0n) is 9.42. The van der Waals surface area contributed by atoms with E-state index in [0.717, 1.165) is 0 Å². The topological polar surface area (TPSA) is 46.4 Å². The predicted molar refractivity (Wildman–Crippen MR) is 68.0 cm³/mol. The van der Waals surface area contributed by atoms with E-state index in [4.69, 9.17) is 23.2 Å². The van der Waals surface area contributed by atoms with Crippen LogP contribution in [-0.4, -0.2) is 21.8 Å². The molecule has 1 amide bonds. The van der Waals surface area contributed by atoms with Crippen molar-refractivity contribution in [1.29, 1.82) is 0 Å². The summed E-state index contributed by atoms with van der Waals surface area (Å²) in [6, 6.07) is 1.60. The van der Waals surface area contributed by atoms with Crippen molar-refractivity contribution < 1.29 is 4.79 Å². The molecule has 2 aromatic rings. The molecule has 0 aliphatic heterocycles. The fraction of sp³-hybridized carbons (Fsp3) is 0.273. The smallest absolute Gasteiger partial charge is 0.270 e. The molecule has 90 valence electrons. The summed E-state index contributed by atoms with van der Waals surface area (Å²) in [6.45, 7) is 4.18. The van der Waals surface area contributed by atoms with Crippen molar-refractivity contribution in [3.8, 4) is 0 Å². The lowest BCUT2D eigenvalue weighted by atomic mass is 10.3. The minimum atomic E-state index is -0.184. The van der Waals surface area contributed by atoms with Crippen molar-refractivity contribution in [2.75, 3.05) is 6.54 Å². The van der Waals surface area contributed by atoms with Crippen LogP contribution in [0, 0.1) is 6.92 Å². The second-order valence-corrected chi connectivity index (χ2v) is 4.45. The zero-order valence-corrected chi connectivity index (χ0v) is 10.9. The highest BCUT2D eigenvalue weighted by Crippen LogP contribution is 2.24. The summed E-state index contributed by atoms with van der Waals surface area (Å²) in [5.74, 6) is -0.184. The number of fused-ring (bicyclic) bond motifs is 1.